The van der Waals surface area contributed by atoms with Crippen LogP contribution in [0.5, 0.6) is 0 Å². The molecule has 1 N–H and O–H groups in total. The van der Waals surface area contributed by atoms with Crippen molar-refractivity contribution in [3.05, 3.63) is 24.0 Å². The number of amides is 1. The van der Waals surface area contributed by atoms with Crippen LogP contribution >= 0.6 is 0 Å². The SMILES string of the molecule is CCC(C)c1cnc2[nH]ccc2c1N(C(C)=O)C1CCCCC1. The number of nitrogens with zero attached hydrogens (tertiary/aromatic N) is 2. The minimum absolute atomic E-state index is 0.148. The van der Waals surface area contributed by atoms with E-state index in [1.165, 1.54) is 24.8 Å². The maximum Gasteiger partial charge on any atom is 0.224 e. The lowest BCUT2D eigenvalue weighted by atomic mass is 9.91. The van der Waals surface area contributed by atoms with E-state index in [-0.39, 0.29) is 5.91 Å². The van der Waals surface area contributed by atoms with Crippen molar-refractivity contribution in [1.82, 2.24) is 9.97 Å². The molecular weight excluding hydrogens is 286 g/mol. The van der Waals surface area contributed by atoms with Crippen molar-refractivity contribution in [2.45, 2.75) is 71.3 Å². The van der Waals surface area contributed by atoms with Gasteiger partial charge in [0.15, 0.2) is 0 Å². The molecule has 124 valence electrons. The van der Waals surface area contributed by atoms with Crippen LogP contribution in [0.15, 0.2) is 18.5 Å². The first-order valence-corrected chi connectivity index (χ1v) is 8.89. The summed E-state index contributed by atoms with van der Waals surface area (Å²) >= 11 is 0. The highest BCUT2D eigenvalue weighted by atomic mass is 16.2. The molecule has 1 amide bonds. The molecule has 1 fully saturated rings. The van der Waals surface area contributed by atoms with Crippen LogP contribution in [-0.2, 0) is 4.79 Å². The second kappa shape index (κ2) is 6.73. The lowest BCUT2D eigenvalue weighted by Crippen LogP contribution is -2.41. The van der Waals surface area contributed by atoms with Crippen LogP contribution in [0.1, 0.15) is 70.8 Å². The molecule has 1 saturated carbocycles. The number of anilines is 1. The van der Waals surface area contributed by atoms with E-state index in [1.807, 2.05) is 12.4 Å². The maximum absolute atomic E-state index is 12.6. The highest BCUT2D eigenvalue weighted by Crippen LogP contribution is 2.38. The standard InChI is InChI=1S/C19H27N3O/c1-4-13(2)17-12-21-19-16(10-11-20-19)18(17)22(14(3)23)15-8-6-5-7-9-15/h10-13,15H,4-9H2,1-3H3,(H,20,21). The number of rotatable bonds is 4. The molecule has 1 unspecified atom stereocenters. The number of aromatic nitrogens is 2. The summed E-state index contributed by atoms with van der Waals surface area (Å²) in [4.78, 5) is 22.4. The summed E-state index contributed by atoms with van der Waals surface area (Å²) in [7, 11) is 0. The van der Waals surface area contributed by atoms with E-state index in [2.05, 4.69) is 34.8 Å². The molecule has 4 nitrogen and oxygen atoms in total. The van der Waals surface area contributed by atoms with Crippen LogP contribution in [0.4, 0.5) is 5.69 Å². The molecule has 1 aliphatic carbocycles. The van der Waals surface area contributed by atoms with Crippen molar-refractivity contribution in [3.8, 4) is 0 Å². The van der Waals surface area contributed by atoms with Gasteiger partial charge in [-0.15, -0.1) is 0 Å². The third kappa shape index (κ3) is 2.99. The molecule has 0 saturated heterocycles. The molecule has 2 aromatic rings. The van der Waals surface area contributed by atoms with Crippen molar-refractivity contribution in [1.29, 1.82) is 0 Å². The van der Waals surface area contributed by atoms with Crippen LogP contribution in [0.2, 0.25) is 0 Å². The van der Waals surface area contributed by atoms with E-state index in [9.17, 15) is 4.79 Å². The smallest absolute Gasteiger partial charge is 0.224 e. The van der Waals surface area contributed by atoms with Gasteiger partial charge in [-0.2, -0.15) is 0 Å². The number of hydrogen-bond acceptors (Lipinski definition) is 2. The molecule has 0 aliphatic heterocycles. The Hall–Kier alpha value is -1.84. The Morgan fingerprint density at radius 2 is 2.13 bits per heavy atom. The third-order valence-corrected chi connectivity index (χ3v) is 5.25. The number of hydrogen-bond donors (Lipinski definition) is 1. The van der Waals surface area contributed by atoms with Crippen molar-refractivity contribution < 1.29 is 4.79 Å². The van der Waals surface area contributed by atoms with Crippen molar-refractivity contribution in [3.63, 3.8) is 0 Å². The summed E-state index contributed by atoms with van der Waals surface area (Å²) in [5.41, 5.74) is 3.15. The maximum atomic E-state index is 12.6. The molecule has 23 heavy (non-hydrogen) atoms. The van der Waals surface area contributed by atoms with E-state index in [0.717, 1.165) is 36.0 Å². The lowest BCUT2D eigenvalue weighted by Gasteiger charge is -2.36. The Morgan fingerprint density at radius 1 is 1.39 bits per heavy atom. The monoisotopic (exact) mass is 313 g/mol. The van der Waals surface area contributed by atoms with E-state index < -0.39 is 0 Å². The topological polar surface area (TPSA) is 49.0 Å². The Labute approximate surface area is 138 Å². The molecule has 0 bridgehead atoms. The van der Waals surface area contributed by atoms with E-state index in [4.69, 9.17) is 0 Å². The third-order valence-electron chi connectivity index (χ3n) is 5.25. The zero-order valence-corrected chi connectivity index (χ0v) is 14.4. The Morgan fingerprint density at radius 3 is 2.78 bits per heavy atom. The largest absolute Gasteiger partial charge is 0.346 e. The molecule has 1 atom stereocenters. The van der Waals surface area contributed by atoms with Crippen LogP contribution in [0.25, 0.3) is 11.0 Å². The summed E-state index contributed by atoms with van der Waals surface area (Å²) in [5, 5.41) is 1.07. The molecule has 0 spiro atoms. The van der Waals surface area contributed by atoms with E-state index in [1.54, 1.807) is 6.92 Å². The first-order valence-electron chi connectivity index (χ1n) is 8.89. The van der Waals surface area contributed by atoms with Crippen molar-refractivity contribution in [2.75, 3.05) is 4.90 Å². The number of carbonyl (C=O) groups is 1. The van der Waals surface area contributed by atoms with Crippen LogP contribution < -0.4 is 4.90 Å². The van der Waals surface area contributed by atoms with Crippen molar-refractivity contribution in [2.24, 2.45) is 0 Å². The van der Waals surface area contributed by atoms with Gasteiger partial charge in [-0.25, -0.2) is 4.98 Å². The van der Waals surface area contributed by atoms with Gasteiger partial charge < -0.3 is 9.88 Å². The highest BCUT2D eigenvalue weighted by Gasteiger charge is 2.29. The second-order valence-corrected chi connectivity index (χ2v) is 6.79. The summed E-state index contributed by atoms with van der Waals surface area (Å²) in [6.45, 7) is 6.11. The number of H-pyrrole nitrogens is 1. The molecule has 0 radical (unpaired) electrons. The van der Waals surface area contributed by atoms with E-state index >= 15 is 0 Å². The van der Waals surface area contributed by atoms with Gasteiger partial charge in [0.25, 0.3) is 0 Å². The fourth-order valence-electron chi connectivity index (χ4n) is 3.80. The number of carbonyl (C=O) groups excluding carboxylic acids is 1. The second-order valence-electron chi connectivity index (χ2n) is 6.79. The molecule has 1 aliphatic rings. The fourth-order valence-corrected chi connectivity index (χ4v) is 3.80. The average molecular weight is 313 g/mol. The quantitative estimate of drug-likeness (QED) is 0.884. The zero-order chi connectivity index (χ0) is 16.4. The summed E-state index contributed by atoms with van der Waals surface area (Å²) in [6, 6.07) is 2.38. The van der Waals surface area contributed by atoms with Gasteiger partial charge in [0.2, 0.25) is 5.91 Å². The highest BCUT2D eigenvalue weighted by molar-refractivity contribution is 6.03. The van der Waals surface area contributed by atoms with Crippen molar-refractivity contribution >= 4 is 22.6 Å². The van der Waals surface area contributed by atoms with Gasteiger partial charge in [0.05, 0.1) is 5.69 Å². The minimum atomic E-state index is 0.148. The van der Waals surface area contributed by atoms with Gasteiger partial charge in [-0.3, -0.25) is 4.79 Å². The Bertz CT molecular complexity index is 685. The lowest BCUT2D eigenvalue weighted by molar-refractivity contribution is -0.117. The number of fused-ring (bicyclic) bond motifs is 1. The Balaban J connectivity index is 2.16. The number of pyridine rings is 1. The molecule has 4 heteroatoms. The van der Waals surface area contributed by atoms with Crippen LogP contribution in [-0.4, -0.2) is 21.9 Å². The molecule has 0 aromatic carbocycles. The first-order chi connectivity index (χ1) is 11.1. The summed E-state index contributed by atoms with van der Waals surface area (Å²) in [5.74, 6) is 0.539. The molecule has 2 aromatic heterocycles. The molecule has 3 rings (SSSR count). The van der Waals surface area contributed by atoms with Crippen LogP contribution in [0, 0.1) is 0 Å². The first kappa shape index (κ1) is 16.0. The zero-order valence-electron chi connectivity index (χ0n) is 14.4. The normalized spacial score (nSPS) is 17.3. The molecular formula is C19H27N3O. The summed E-state index contributed by atoms with van der Waals surface area (Å²) in [6.07, 6.45) is 10.9. The predicted molar refractivity (Wildman–Crippen MR) is 94.8 cm³/mol. The molecule has 2 heterocycles. The van der Waals surface area contributed by atoms with E-state index in [0.29, 0.717) is 12.0 Å². The van der Waals surface area contributed by atoms with Gasteiger partial charge in [0, 0.05) is 30.7 Å². The van der Waals surface area contributed by atoms with Gasteiger partial charge in [-0.05, 0) is 36.8 Å². The van der Waals surface area contributed by atoms with Crippen LogP contribution in [0.3, 0.4) is 0 Å². The predicted octanol–water partition coefficient (Wildman–Crippen LogP) is 4.76. The van der Waals surface area contributed by atoms with Gasteiger partial charge in [0.1, 0.15) is 5.65 Å². The number of aromatic amines is 1. The number of nitrogens with one attached hydrogen (secondary N) is 1. The Kier molecular flexibility index (Phi) is 4.69. The summed E-state index contributed by atoms with van der Waals surface area (Å²) < 4.78 is 0. The minimum Gasteiger partial charge on any atom is -0.346 e. The van der Waals surface area contributed by atoms with Gasteiger partial charge in [-0.1, -0.05) is 33.1 Å². The average Bonchev–Trinajstić information content (AvgIpc) is 3.04. The fraction of sp³-hybridized carbons (Fsp3) is 0.579. The van der Waals surface area contributed by atoms with Gasteiger partial charge >= 0.3 is 0 Å².